The third-order valence-corrected chi connectivity index (χ3v) is 3.50. The SMILES string of the molecule is CC1CCCC(Oc2cccnc2Br)C1. The molecule has 0 radical (unpaired) electrons. The van der Waals surface area contributed by atoms with Gasteiger partial charge in [-0.2, -0.15) is 0 Å². The third kappa shape index (κ3) is 2.94. The molecule has 1 aliphatic rings. The van der Waals surface area contributed by atoms with Crippen molar-refractivity contribution in [3.63, 3.8) is 0 Å². The van der Waals surface area contributed by atoms with Crippen LogP contribution < -0.4 is 4.74 Å². The van der Waals surface area contributed by atoms with Gasteiger partial charge in [-0.05, 0) is 53.2 Å². The fraction of sp³-hybridized carbons (Fsp3) is 0.583. The molecule has 1 aromatic heterocycles. The zero-order valence-electron chi connectivity index (χ0n) is 8.95. The summed E-state index contributed by atoms with van der Waals surface area (Å²) in [7, 11) is 0. The monoisotopic (exact) mass is 269 g/mol. The minimum Gasteiger partial charge on any atom is -0.488 e. The smallest absolute Gasteiger partial charge is 0.152 e. The summed E-state index contributed by atoms with van der Waals surface area (Å²) in [5, 5.41) is 0. The van der Waals surface area contributed by atoms with Gasteiger partial charge in [0.1, 0.15) is 4.60 Å². The van der Waals surface area contributed by atoms with E-state index in [0.29, 0.717) is 6.10 Å². The first-order valence-corrected chi connectivity index (χ1v) is 6.32. The van der Waals surface area contributed by atoms with Crippen LogP contribution in [0.15, 0.2) is 22.9 Å². The maximum absolute atomic E-state index is 5.95. The Labute approximate surface area is 99.2 Å². The average Bonchev–Trinajstić information content (AvgIpc) is 2.22. The molecule has 3 heteroatoms. The minimum absolute atomic E-state index is 0.370. The van der Waals surface area contributed by atoms with E-state index in [9.17, 15) is 0 Å². The van der Waals surface area contributed by atoms with Gasteiger partial charge in [0.15, 0.2) is 5.75 Å². The molecule has 15 heavy (non-hydrogen) atoms. The maximum atomic E-state index is 5.95. The van der Waals surface area contributed by atoms with E-state index >= 15 is 0 Å². The molecule has 0 amide bonds. The van der Waals surface area contributed by atoms with Crippen LogP contribution in [0.4, 0.5) is 0 Å². The van der Waals surface area contributed by atoms with Crippen LogP contribution in [0.2, 0.25) is 0 Å². The Morgan fingerprint density at radius 1 is 1.47 bits per heavy atom. The third-order valence-electron chi connectivity index (χ3n) is 2.91. The molecule has 0 aromatic carbocycles. The molecule has 2 atom stereocenters. The zero-order chi connectivity index (χ0) is 10.7. The van der Waals surface area contributed by atoms with E-state index < -0.39 is 0 Å². The van der Waals surface area contributed by atoms with Crippen molar-refractivity contribution >= 4 is 15.9 Å². The molecule has 0 spiro atoms. The Balaban J connectivity index is 1.99. The summed E-state index contributed by atoms with van der Waals surface area (Å²) in [6.45, 7) is 2.30. The highest BCUT2D eigenvalue weighted by atomic mass is 79.9. The van der Waals surface area contributed by atoms with Crippen molar-refractivity contribution in [1.82, 2.24) is 4.98 Å². The first-order chi connectivity index (χ1) is 7.25. The van der Waals surface area contributed by atoms with Crippen LogP contribution in [0.3, 0.4) is 0 Å². The van der Waals surface area contributed by atoms with Crippen LogP contribution in [0.1, 0.15) is 32.6 Å². The van der Waals surface area contributed by atoms with E-state index in [1.165, 1.54) is 25.7 Å². The lowest BCUT2D eigenvalue weighted by Crippen LogP contribution is -2.24. The summed E-state index contributed by atoms with van der Waals surface area (Å²) in [5.41, 5.74) is 0. The van der Waals surface area contributed by atoms with Crippen molar-refractivity contribution in [3.8, 4) is 5.75 Å². The second-order valence-electron chi connectivity index (χ2n) is 4.30. The number of halogens is 1. The molecule has 82 valence electrons. The minimum atomic E-state index is 0.370. The number of ether oxygens (including phenoxy) is 1. The average molecular weight is 270 g/mol. The number of pyridine rings is 1. The Hall–Kier alpha value is -0.570. The Morgan fingerprint density at radius 2 is 2.33 bits per heavy atom. The molecular formula is C12H16BrNO. The normalized spacial score (nSPS) is 26.3. The highest BCUT2D eigenvalue weighted by molar-refractivity contribution is 9.10. The molecule has 2 unspecified atom stereocenters. The van der Waals surface area contributed by atoms with Gasteiger partial charge in [0, 0.05) is 6.20 Å². The molecule has 2 nitrogen and oxygen atoms in total. The molecule has 1 fully saturated rings. The lowest BCUT2D eigenvalue weighted by Gasteiger charge is -2.27. The fourth-order valence-corrected chi connectivity index (χ4v) is 2.47. The number of hydrogen-bond donors (Lipinski definition) is 0. The largest absolute Gasteiger partial charge is 0.488 e. The van der Waals surface area contributed by atoms with Gasteiger partial charge in [0.25, 0.3) is 0 Å². The first-order valence-electron chi connectivity index (χ1n) is 5.53. The maximum Gasteiger partial charge on any atom is 0.152 e. The molecule has 1 aliphatic carbocycles. The summed E-state index contributed by atoms with van der Waals surface area (Å²) >= 11 is 3.40. The Kier molecular flexibility index (Phi) is 3.62. The van der Waals surface area contributed by atoms with Crippen LogP contribution in [-0.4, -0.2) is 11.1 Å². The van der Waals surface area contributed by atoms with E-state index in [1.54, 1.807) is 6.20 Å². The van der Waals surface area contributed by atoms with E-state index in [2.05, 4.69) is 27.8 Å². The number of nitrogens with zero attached hydrogens (tertiary/aromatic N) is 1. The van der Waals surface area contributed by atoms with E-state index in [-0.39, 0.29) is 0 Å². The first kappa shape index (κ1) is 10.9. The van der Waals surface area contributed by atoms with Gasteiger partial charge >= 0.3 is 0 Å². The van der Waals surface area contributed by atoms with E-state index in [4.69, 9.17) is 4.74 Å². The molecular weight excluding hydrogens is 254 g/mol. The molecule has 1 aromatic rings. The van der Waals surface area contributed by atoms with Crippen molar-refractivity contribution in [2.75, 3.05) is 0 Å². The number of hydrogen-bond acceptors (Lipinski definition) is 2. The van der Waals surface area contributed by atoms with Gasteiger partial charge in [0.05, 0.1) is 6.10 Å². The summed E-state index contributed by atoms with van der Waals surface area (Å²) in [4.78, 5) is 4.16. The highest BCUT2D eigenvalue weighted by Crippen LogP contribution is 2.29. The van der Waals surface area contributed by atoms with Gasteiger partial charge in [-0.1, -0.05) is 13.3 Å². The molecule has 0 saturated heterocycles. The summed E-state index contributed by atoms with van der Waals surface area (Å²) in [6, 6.07) is 3.88. The molecule has 0 bridgehead atoms. The van der Waals surface area contributed by atoms with Crippen molar-refractivity contribution in [1.29, 1.82) is 0 Å². The second-order valence-corrected chi connectivity index (χ2v) is 5.06. The summed E-state index contributed by atoms with van der Waals surface area (Å²) in [5.74, 6) is 1.66. The quantitative estimate of drug-likeness (QED) is 0.762. The van der Waals surface area contributed by atoms with Crippen molar-refractivity contribution < 1.29 is 4.74 Å². The second kappa shape index (κ2) is 4.97. The predicted octanol–water partition coefficient (Wildman–Crippen LogP) is 3.80. The van der Waals surface area contributed by atoms with Crippen LogP contribution in [-0.2, 0) is 0 Å². The van der Waals surface area contributed by atoms with Crippen molar-refractivity contribution in [2.45, 2.75) is 38.7 Å². The van der Waals surface area contributed by atoms with Crippen molar-refractivity contribution in [3.05, 3.63) is 22.9 Å². The van der Waals surface area contributed by atoms with Gasteiger partial charge in [-0.15, -0.1) is 0 Å². The lowest BCUT2D eigenvalue weighted by atomic mass is 9.89. The number of rotatable bonds is 2. The van der Waals surface area contributed by atoms with Gasteiger partial charge in [-0.3, -0.25) is 0 Å². The topological polar surface area (TPSA) is 22.1 Å². The summed E-state index contributed by atoms with van der Waals surface area (Å²) in [6.07, 6.45) is 7.10. The zero-order valence-corrected chi connectivity index (χ0v) is 10.5. The van der Waals surface area contributed by atoms with Crippen LogP contribution in [0.5, 0.6) is 5.75 Å². The van der Waals surface area contributed by atoms with E-state index in [0.717, 1.165) is 16.3 Å². The molecule has 1 heterocycles. The standard InChI is InChI=1S/C12H16BrNO/c1-9-4-2-5-10(8-9)15-11-6-3-7-14-12(11)13/h3,6-7,9-10H,2,4-5,8H2,1H3. The van der Waals surface area contributed by atoms with E-state index in [1.807, 2.05) is 12.1 Å². The number of aromatic nitrogens is 1. The Morgan fingerprint density at radius 3 is 3.07 bits per heavy atom. The lowest BCUT2D eigenvalue weighted by molar-refractivity contribution is 0.128. The van der Waals surface area contributed by atoms with Gasteiger partial charge < -0.3 is 4.74 Å². The van der Waals surface area contributed by atoms with Gasteiger partial charge in [0.2, 0.25) is 0 Å². The molecule has 0 N–H and O–H groups in total. The van der Waals surface area contributed by atoms with Crippen LogP contribution >= 0.6 is 15.9 Å². The van der Waals surface area contributed by atoms with Crippen molar-refractivity contribution in [2.24, 2.45) is 5.92 Å². The van der Waals surface area contributed by atoms with Crippen LogP contribution in [0.25, 0.3) is 0 Å². The molecule has 2 rings (SSSR count). The summed E-state index contributed by atoms with van der Waals surface area (Å²) < 4.78 is 6.76. The highest BCUT2D eigenvalue weighted by Gasteiger charge is 2.20. The predicted molar refractivity (Wildman–Crippen MR) is 64.0 cm³/mol. The fourth-order valence-electron chi connectivity index (χ4n) is 2.12. The molecule has 1 saturated carbocycles. The van der Waals surface area contributed by atoms with Gasteiger partial charge in [-0.25, -0.2) is 4.98 Å². The van der Waals surface area contributed by atoms with Crippen LogP contribution in [0, 0.1) is 5.92 Å². The Bertz CT molecular complexity index is 329. The molecule has 0 aliphatic heterocycles.